The fraction of sp³-hybridized carbons (Fsp3) is 0.333. The van der Waals surface area contributed by atoms with Crippen LogP contribution in [-0.2, 0) is 0 Å². The summed E-state index contributed by atoms with van der Waals surface area (Å²) >= 11 is 5.99. The highest BCUT2D eigenvalue weighted by Crippen LogP contribution is 2.25. The molecule has 8 nitrogen and oxygen atoms in total. The zero-order valence-electron chi connectivity index (χ0n) is 15.1. The SMILES string of the molecule is COc1cc(Cl)ccc1C(=O)N1CCN(c2cc(C)n3cnnc3n2)CC1. The van der Waals surface area contributed by atoms with E-state index in [1.165, 1.54) is 7.11 Å². The van der Waals surface area contributed by atoms with Crippen molar-refractivity contribution in [3.8, 4) is 5.75 Å². The summed E-state index contributed by atoms with van der Waals surface area (Å²) < 4.78 is 7.15. The quantitative estimate of drug-likeness (QED) is 0.685. The van der Waals surface area contributed by atoms with Crippen molar-refractivity contribution in [2.45, 2.75) is 6.92 Å². The molecule has 1 aliphatic heterocycles. The number of aryl methyl sites for hydroxylation is 1. The molecule has 3 heterocycles. The molecule has 3 aromatic rings. The molecule has 9 heteroatoms. The third-order valence-corrected chi connectivity index (χ3v) is 4.98. The van der Waals surface area contributed by atoms with Crippen LogP contribution in [0.2, 0.25) is 5.02 Å². The average Bonchev–Trinajstić information content (AvgIpc) is 3.17. The molecule has 0 N–H and O–H groups in total. The van der Waals surface area contributed by atoms with Gasteiger partial charge < -0.3 is 14.5 Å². The molecule has 0 bridgehead atoms. The molecule has 1 aromatic carbocycles. The summed E-state index contributed by atoms with van der Waals surface area (Å²) in [6.07, 6.45) is 1.65. The van der Waals surface area contributed by atoms with Crippen LogP contribution < -0.4 is 9.64 Å². The molecule has 1 amide bonds. The topological polar surface area (TPSA) is 75.9 Å². The number of hydrogen-bond donors (Lipinski definition) is 0. The highest BCUT2D eigenvalue weighted by molar-refractivity contribution is 6.30. The lowest BCUT2D eigenvalue weighted by Crippen LogP contribution is -2.49. The molecule has 0 radical (unpaired) electrons. The maximum atomic E-state index is 12.9. The predicted molar refractivity (Wildman–Crippen MR) is 102 cm³/mol. The Hall–Kier alpha value is -2.87. The Morgan fingerprint density at radius 1 is 1.19 bits per heavy atom. The lowest BCUT2D eigenvalue weighted by Gasteiger charge is -2.35. The van der Waals surface area contributed by atoms with Crippen molar-refractivity contribution in [1.82, 2.24) is 24.5 Å². The fourth-order valence-electron chi connectivity index (χ4n) is 3.26. The van der Waals surface area contributed by atoms with Crippen molar-refractivity contribution in [3.05, 3.63) is 46.9 Å². The maximum Gasteiger partial charge on any atom is 0.257 e. The number of methoxy groups -OCH3 is 1. The second-order valence-electron chi connectivity index (χ2n) is 6.38. The van der Waals surface area contributed by atoms with Gasteiger partial charge in [-0.05, 0) is 25.1 Å². The van der Waals surface area contributed by atoms with Crippen LogP contribution in [0.3, 0.4) is 0 Å². The molecule has 1 aliphatic rings. The second kappa shape index (κ2) is 7.03. The van der Waals surface area contributed by atoms with Gasteiger partial charge in [0.05, 0.1) is 12.7 Å². The number of halogens is 1. The number of anilines is 1. The van der Waals surface area contributed by atoms with E-state index in [9.17, 15) is 4.79 Å². The number of carbonyl (C=O) groups is 1. The average molecular weight is 387 g/mol. The predicted octanol–water partition coefficient (Wildman–Crippen LogP) is 2.06. The first-order chi connectivity index (χ1) is 13.1. The molecule has 4 rings (SSSR count). The van der Waals surface area contributed by atoms with E-state index in [0.717, 1.165) is 11.5 Å². The molecule has 27 heavy (non-hydrogen) atoms. The van der Waals surface area contributed by atoms with Crippen LogP contribution in [0.25, 0.3) is 5.78 Å². The van der Waals surface area contributed by atoms with Gasteiger partial charge in [-0.2, -0.15) is 4.98 Å². The minimum atomic E-state index is -0.0554. The number of benzene rings is 1. The minimum Gasteiger partial charge on any atom is -0.496 e. The molecular weight excluding hydrogens is 368 g/mol. The van der Waals surface area contributed by atoms with E-state index in [1.807, 2.05) is 22.3 Å². The van der Waals surface area contributed by atoms with Crippen LogP contribution >= 0.6 is 11.6 Å². The van der Waals surface area contributed by atoms with Gasteiger partial charge in [0.15, 0.2) is 0 Å². The summed E-state index contributed by atoms with van der Waals surface area (Å²) in [6.45, 7) is 4.58. The number of carbonyl (C=O) groups excluding carboxylic acids is 1. The summed E-state index contributed by atoms with van der Waals surface area (Å²) in [5.74, 6) is 1.86. The first-order valence-corrected chi connectivity index (χ1v) is 9.00. The zero-order valence-corrected chi connectivity index (χ0v) is 15.8. The first-order valence-electron chi connectivity index (χ1n) is 8.62. The summed E-state index contributed by atoms with van der Waals surface area (Å²) in [6, 6.07) is 7.08. The summed E-state index contributed by atoms with van der Waals surface area (Å²) in [4.78, 5) is 21.4. The van der Waals surface area contributed by atoms with Crippen LogP contribution in [0, 0.1) is 6.92 Å². The van der Waals surface area contributed by atoms with Crippen LogP contribution in [0.4, 0.5) is 5.82 Å². The van der Waals surface area contributed by atoms with Gasteiger partial charge in [0.25, 0.3) is 11.7 Å². The summed E-state index contributed by atoms with van der Waals surface area (Å²) in [5, 5.41) is 8.47. The van der Waals surface area contributed by atoms with Crippen molar-refractivity contribution in [3.63, 3.8) is 0 Å². The lowest BCUT2D eigenvalue weighted by molar-refractivity contribution is 0.0743. The fourth-order valence-corrected chi connectivity index (χ4v) is 3.42. The standard InChI is InChI=1S/C18H19ClN6O2/c1-12-9-16(21-18-22-20-11-25(12)18)23-5-7-24(8-6-23)17(26)14-4-3-13(19)10-15(14)27-2/h3-4,9-11H,5-8H2,1-2H3. The van der Waals surface area contributed by atoms with Gasteiger partial charge in [-0.15, -0.1) is 10.2 Å². The highest BCUT2D eigenvalue weighted by atomic mass is 35.5. The Bertz CT molecular complexity index is 997. The van der Waals surface area contributed by atoms with Gasteiger partial charge in [0.1, 0.15) is 17.9 Å². The van der Waals surface area contributed by atoms with Gasteiger partial charge >= 0.3 is 0 Å². The molecule has 0 saturated carbocycles. The van der Waals surface area contributed by atoms with E-state index in [-0.39, 0.29) is 5.91 Å². The maximum absolute atomic E-state index is 12.9. The Morgan fingerprint density at radius 2 is 1.96 bits per heavy atom. The molecule has 0 atom stereocenters. The Morgan fingerprint density at radius 3 is 2.70 bits per heavy atom. The van der Waals surface area contributed by atoms with E-state index < -0.39 is 0 Å². The molecule has 0 spiro atoms. The molecule has 0 unspecified atom stereocenters. The van der Waals surface area contributed by atoms with Crippen LogP contribution in [0.1, 0.15) is 16.1 Å². The van der Waals surface area contributed by atoms with E-state index >= 15 is 0 Å². The number of hydrogen-bond acceptors (Lipinski definition) is 6. The van der Waals surface area contributed by atoms with E-state index in [1.54, 1.807) is 24.5 Å². The van der Waals surface area contributed by atoms with E-state index in [4.69, 9.17) is 16.3 Å². The zero-order chi connectivity index (χ0) is 19.0. The van der Waals surface area contributed by atoms with Crippen molar-refractivity contribution in [1.29, 1.82) is 0 Å². The molecule has 1 saturated heterocycles. The highest BCUT2D eigenvalue weighted by Gasteiger charge is 2.25. The van der Waals surface area contributed by atoms with Gasteiger partial charge in [-0.1, -0.05) is 11.6 Å². The number of amides is 1. The van der Waals surface area contributed by atoms with Crippen LogP contribution in [-0.4, -0.2) is 63.7 Å². The van der Waals surface area contributed by atoms with Crippen molar-refractivity contribution >= 4 is 29.1 Å². The van der Waals surface area contributed by atoms with Gasteiger partial charge in [0, 0.05) is 43.0 Å². The minimum absolute atomic E-state index is 0.0554. The largest absolute Gasteiger partial charge is 0.496 e. The van der Waals surface area contributed by atoms with Crippen molar-refractivity contribution in [2.24, 2.45) is 0 Å². The molecule has 2 aromatic heterocycles. The summed E-state index contributed by atoms with van der Waals surface area (Å²) in [7, 11) is 1.54. The number of rotatable bonds is 3. The van der Waals surface area contributed by atoms with Crippen molar-refractivity contribution in [2.75, 3.05) is 38.2 Å². The lowest BCUT2D eigenvalue weighted by atomic mass is 10.1. The summed E-state index contributed by atoms with van der Waals surface area (Å²) in [5.41, 5.74) is 1.54. The number of aromatic nitrogens is 4. The normalized spacial score (nSPS) is 14.6. The Balaban J connectivity index is 1.49. The van der Waals surface area contributed by atoms with Crippen molar-refractivity contribution < 1.29 is 9.53 Å². The Kier molecular flexibility index (Phi) is 4.57. The number of ether oxygens (including phenoxy) is 1. The molecule has 1 fully saturated rings. The second-order valence-corrected chi connectivity index (χ2v) is 6.82. The van der Waals surface area contributed by atoms with Gasteiger partial charge in [-0.3, -0.25) is 9.20 Å². The third-order valence-electron chi connectivity index (χ3n) is 4.75. The van der Waals surface area contributed by atoms with E-state index in [0.29, 0.717) is 48.3 Å². The Labute approximate surface area is 161 Å². The number of fused-ring (bicyclic) bond motifs is 1. The van der Waals surface area contributed by atoms with E-state index in [2.05, 4.69) is 20.1 Å². The monoisotopic (exact) mass is 386 g/mol. The third kappa shape index (κ3) is 3.28. The first kappa shape index (κ1) is 17.5. The van der Waals surface area contributed by atoms with Gasteiger partial charge in [0.2, 0.25) is 0 Å². The number of piperazine rings is 1. The molecule has 0 aliphatic carbocycles. The molecule has 140 valence electrons. The van der Waals surface area contributed by atoms with Gasteiger partial charge in [-0.25, -0.2) is 0 Å². The molecular formula is C18H19ClN6O2. The number of nitrogens with zero attached hydrogens (tertiary/aromatic N) is 6. The van der Waals surface area contributed by atoms with Crippen LogP contribution in [0.15, 0.2) is 30.6 Å². The smallest absolute Gasteiger partial charge is 0.257 e. The van der Waals surface area contributed by atoms with Crippen LogP contribution in [0.5, 0.6) is 5.75 Å².